The lowest BCUT2D eigenvalue weighted by Gasteiger charge is -2.31. The van der Waals surface area contributed by atoms with Gasteiger partial charge < -0.3 is 5.32 Å². The van der Waals surface area contributed by atoms with E-state index in [-0.39, 0.29) is 5.54 Å². The highest BCUT2D eigenvalue weighted by atomic mass is 15.0. The summed E-state index contributed by atoms with van der Waals surface area (Å²) in [5.41, 5.74) is 5.60. The fourth-order valence-corrected chi connectivity index (χ4v) is 2.94. The van der Waals surface area contributed by atoms with Gasteiger partial charge in [0.2, 0.25) is 0 Å². The van der Waals surface area contributed by atoms with Gasteiger partial charge in [0.1, 0.15) is 0 Å². The Morgan fingerprint density at radius 1 is 1.11 bits per heavy atom. The maximum absolute atomic E-state index is 3.59. The molecule has 1 aromatic rings. The van der Waals surface area contributed by atoms with Crippen LogP contribution in [0.2, 0.25) is 0 Å². The molecule has 0 radical (unpaired) electrons. The number of hydrogen-bond acceptors (Lipinski definition) is 1. The van der Waals surface area contributed by atoms with Crippen LogP contribution in [0.15, 0.2) is 24.3 Å². The van der Waals surface area contributed by atoms with Gasteiger partial charge in [-0.05, 0) is 56.9 Å². The van der Waals surface area contributed by atoms with E-state index >= 15 is 0 Å². The van der Waals surface area contributed by atoms with Crippen LogP contribution in [0.1, 0.15) is 64.5 Å². The molecule has 1 aliphatic rings. The number of rotatable bonds is 5. The van der Waals surface area contributed by atoms with Gasteiger partial charge in [0.05, 0.1) is 5.54 Å². The van der Waals surface area contributed by atoms with Crippen LogP contribution in [0.5, 0.6) is 0 Å². The second-order valence-electron chi connectivity index (χ2n) is 6.36. The number of anilines is 1. The highest BCUT2D eigenvalue weighted by Gasteiger charge is 2.22. The van der Waals surface area contributed by atoms with Gasteiger partial charge in [-0.25, -0.2) is 0 Å². The Morgan fingerprint density at radius 3 is 2.63 bits per heavy atom. The van der Waals surface area contributed by atoms with Gasteiger partial charge in [0.25, 0.3) is 0 Å². The summed E-state index contributed by atoms with van der Waals surface area (Å²) in [5, 5.41) is 3.59. The number of aryl methyl sites for hydroxylation is 1. The quantitative estimate of drug-likeness (QED) is 0.695. The topological polar surface area (TPSA) is 12.0 Å². The van der Waals surface area contributed by atoms with Crippen LogP contribution < -0.4 is 5.32 Å². The van der Waals surface area contributed by atoms with Gasteiger partial charge in [-0.2, -0.15) is 0 Å². The molecule has 104 valence electrons. The van der Waals surface area contributed by atoms with Crippen molar-refractivity contribution in [1.82, 2.24) is 0 Å². The molecule has 0 fully saturated rings. The van der Waals surface area contributed by atoms with Crippen molar-refractivity contribution in [2.75, 3.05) is 5.32 Å². The van der Waals surface area contributed by atoms with Crippen LogP contribution in [0, 0.1) is 0 Å². The maximum atomic E-state index is 3.59. The van der Waals surface area contributed by atoms with Crippen molar-refractivity contribution < 1.29 is 0 Å². The smallest absolute Gasteiger partial charge is 0.0505 e. The van der Waals surface area contributed by atoms with Gasteiger partial charge in [0.15, 0.2) is 0 Å². The third-order valence-corrected chi connectivity index (χ3v) is 3.86. The second kappa shape index (κ2) is 5.81. The molecule has 19 heavy (non-hydrogen) atoms. The Bertz CT molecular complexity index is 469. The van der Waals surface area contributed by atoms with E-state index in [9.17, 15) is 0 Å². The standard InChI is InChI=1S/C18H27N/c1-5-6-7-8-9-15-10-11-17-16(12-15)14(2)13-18(3,4)19-17/h10-13,19H,5-9H2,1-4H3. The summed E-state index contributed by atoms with van der Waals surface area (Å²) < 4.78 is 0. The van der Waals surface area contributed by atoms with Crippen LogP contribution in [0.3, 0.4) is 0 Å². The molecule has 0 spiro atoms. The van der Waals surface area contributed by atoms with Crippen molar-refractivity contribution in [3.63, 3.8) is 0 Å². The summed E-state index contributed by atoms with van der Waals surface area (Å²) in [5.74, 6) is 0. The maximum Gasteiger partial charge on any atom is 0.0505 e. The molecule has 1 heteroatoms. The Labute approximate surface area is 118 Å². The van der Waals surface area contributed by atoms with Crippen molar-refractivity contribution in [3.8, 4) is 0 Å². The van der Waals surface area contributed by atoms with Gasteiger partial charge in [-0.15, -0.1) is 0 Å². The van der Waals surface area contributed by atoms with Crippen molar-refractivity contribution in [1.29, 1.82) is 0 Å². The van der Waals surface area contributed by atoms with Crippen LogP contribution in [0.25, 0.3) is 5.57 Å². The van der Waals surface area contributed by atoms with Crippen LogP contribution in [0.4, 0.5) is 5.69 Å². The number of allylic oxidation sites excluding steroid dienone is 1. The minimum Gasteiger partial charge on any atom is -0.376 e. The molecule has 0 aliphatic carbocycles. The Morgan fingerprint density at radius 2 is 1.89 bits per heavy atom. The van der Waals surface area contributed by atoms with E-state index in [0.717, 1.165) is 0 Å². The van der Waals surface area contributed by atoms with Gasteiger partial charge in [-0.3, -0.25) is 0 Å². The Hall–Kier alpha value is -1.24. The molecule has 1 N–H and O–H groups in total. The number of fused-ring (bicyclic) bond motifs is 1. The fourth-order valence-electron chi connectivity index (χ4n) is 2.94. The third-order valence-electron chi connectivity index (χ3n) is 3.86. The zero-order valence-electron chi connectivity index (χ0n) is 12.8. The van der Waals surface area contributed by atoms with Gasteiger partial charge in [0, 0.05) is 11.3 Å². The summed E-state index contributed by atoms with van der Waals surface area (Å²) in [6, 6.07) is 6.91. The molecule has 1 nitrogen and oxygen atoms in total. The van der Waals surface area contributed by atoms with Crippen molar-refractivity contribution >= 4 is 11.3 Å². The van der Waals surface area contributed by atoms with E-state index in [4.69, 9.17) is 0 Å². The first-order chi connectivity index (χ1) is 9.02. The van der Waals surface area contributed by atoms with E-state index in [2.05, 4.69) is 57.3 Å². The van der Waals surface area contributed by atoms with Crippen molar-refractivity contribution in [2.24, 2.45) is 0 Å². The van der Waals surface area contributed by atoms with E-state index in [1.54, 1.807) is 0 Å². The van der Waals surface area contributed by atoms with Crippen molar-refractivity contribution in [3.05, 3.63) is 35.4 Å². The van der Waals surface area contributed by atoms with E-state index in [0.29, 0.717) is 0 Å². The number of nitrogens with one attached hydrogen (secondary N) is 1. The number of hydrogen-bond donors (Lipinski definition) is 1. The summed E-state index contributed by atoms with van der Waals surface area (Å²) in [6.07, 6.45) is 8.88. The minimum absolute atomic E-state index is 0.0692. The first-order valence-corrected chi connectivity index (χ1v) is 7.63. The predicted octanol–water partition coefficient (Wildman–Crippen LogP) is 5.42. The minimum atomic E-state index is 0.0692. The normalized spacial score (nSPS) is 16.5. The fraction of sp³-hybridized carbons (Fsp3) is 0.556. The summed E-state index contributed by atoms with van der Waals surface area (Å²) in [4.78, 5) is 0. The average molecular weight is 257 g/mol. The van der Waals surface area contributed by atoms with E-state index in [1.807, 2.05) is 0 Å². The van der Waals surface area contributed by atoms with Crippen LogP contribution in [-0.4, -0.2) is 5.54 Å². The Kier molecular flexibility index (Phi) is 4.34. The zero-order valence-corrected chi connectivity index (χ0v) is 12.8. The summed E-state index contributed by atoms with van der Waals surface area (Å²) >= 11 is 0. The predicted molar refractivity (Wildman–Crippen MR) is 85.6 cm³/mol. The molecule has 0 aromatic heterocycles. The highest BCUT2D eigenvalue weighted by Crippen LogP contribution is 2.34. The lowest BCUT2D eigenvalue weighted by molar-refractivity contribution is 0.666. The van der Waals surface area contributed by atoms with Gasteiger partial charge in [-0.1, -0.05) is 38.3 Å². The lowest BCUT2D eigenvalue weighted by atomic mass is 9.90. The highest BCUT2D eigenvalue weighted by molar-refractivity contribution is 5.80. The molecule has 0 saturated carbocycles. The van der Waals surface area contributed by atoms with E-state index < -0.39 is 0 Å². The lowest BCUT2D eigenvalue weighted by Crippen LogP contribution is -2.31. The molecule has 0 atom stereocenters. The number of benzene rings is 1. The first kappa shape index (κ1) is 14.2. The number of unbranched alkanes of at least 4 members (excludes halogenated alkanes) is 3. The summed E-state index contributed by atoms with van der Waals surface area (Å²) in [7, 11) is 0. The monoisotopic (exact) mass is 257 g/mol. The molecule has 1 heterocycles. The third kappa shape index (κ3) is 3.62. The zero-order chi connectivity index (χ0) is 13.9. The van der Waals surface area contributed by atoms with Crippen LogP contribution >= 0.6 is 0 Å². The molecule has 1 aliphatic heterocycles. The van der Waals surface area contributed by atoms with Crippen LogP contribution in [-0.2, 0) is 6.42 Å². The van der Waals surface area contributed by atoms with Crippen molar-refractivity contribution in [2.45, 2.75) is 65.3 Å². The SMILES string of the molecule is CCCCCCc1ccc2c(c1)C(C)=CC(C)(C)N2. The molecule has 0 amide bonds. The summed E-state index contributed by atoms with van der Waals surface area (Å²) in [6.45, 7) is 8.93. The second-order valence-corrected chi connectivity index (χ2v) is 6.36. The van der Waals surface area contributed by atoms with E-state index in [1.165, 1.54) is 54.5 Å². The van der Waals surface area contributed by atoms with Gasteiger partial charge >= 0.3 is 0 Å². The largest absolute Gasteiger partial charge is 0.376 e. The molecule has 1 aromatic carbocycles. The first-order valence-electron chi connectivity index (χ1n) is 7.63. The Balaban J connectivity index is 2.10. The molecule has 0 bridgehead atoms. The average Bonchev–Trinajstić information content (AvgIpc) is 2.34. The molecular formula is C18H27N. The molecular weight excluding hydrogens is 230 g/mol. The molecule has 0 saturated heterocycles. The molecule has 2 rings (SSSR count). The molecule has 0 unspecified atom stereocenters.